The Morgan fingerprint density at radius 3 is 2.65 bits per heavy atom. The molecule has 1 aliphatic heterocycles. The molecule has 0 spiro atoms. The molecule has 6 nitrogen and oxygen atoms in total. The number of nitrogens with zero attached hydrogens (tertiary/aromatic N) is 1. The van der Waals surface area contributed by atoms with E-state index < -0.39 is 12.2 Å². The number of esters is 1. The molecule has 0 aromatic heterocycles. The third-order valence-electron chi connectivity index (χ3n) is 5.46. The Balaban J connectivity index is 1.72. The lowest BCUT2D eigenvalue weighted by atomic mass is 9.69. The fourth-order valence-electron chi connectivity index (χ4n) is 4.06. The van der Waals surface area contributed by atoms with Crippen LogP contribution in [0.2, 0.25) is 0 Å². The zero-order chi connectivity index (χ0) is 18.7. The van der Waals surface area contributed by atoms with E-state index in [1.165, 1.54) is 7.11 Å². The van der Waals surface area contributed by atoms with Crippen molar-refractivity contribution in [3.8, 4) is 0 Å². The average molecular weight is 359 g/mol. The number of likely N-dealkylation sites (tertiary alicyclic amines) is 1. The molecule has 2 aliphatic rings. The molecule has 4 atom stereocenters. The molecule has 1 saturated heterocycles. The summed E-state index contributed by atoms with van der Waals surface area (Å²) in [4.78, 5) is 26.3. The maximum atomic E-state index is 12.6. The van der Waals surface area contributed by atoms with Crippen molar-refractivity contribution in [2.24, 2.45) is 11.8 Å². The number of carbonyl (C=O) groups is 2. The standard InChI is InChI=1S/C20H25NO5/c1-3-14-11-21(20(24)26-12-13-7-5-4-6-8-13)17-9-15(14)16(10-18(17)22)19(23)25-2/h3-8,15-18,22H,9-12H2,1-2H3/b14-3+/t15-,16+,17-,18?/m0/s1. The predicted molar refractivity (Wildman–Crippen MR) is 95.1 cm³/mol. The second-order valence-corrected chi connectivity index (χ2v) is 6.87. The predicted octanol–water partition coefficient (Wildman–Crippen LogP) is 2.51. The van der Waals surface area contributed by atoms with Crippen LogP contribution in [-0.2, 0) is 20.9 Å². The van der Waals surface area contributed by atoms with E-state index in [2.05, 4.69) is 0 Å². The van der Waals surface area contributed by atoms with Gasteiger partial charge in [0.05, 0.1) is 25.2 Å². The van der Waals surface area contributed by atoms with Crippen LogP contribution < -0.4 is 0 Å². The van der Waals surface area contributed by atoms with Gasteiger partial charge in [0.25, 0.3) is 0 Å². The van der Waals surface area contributed by atoms with E-state index in [9.17, 15) is 14.7 Å². The summed E-state index contributed by atoms with van der Waals surface area (Å²) < 4.78 is 10.4. The summed E-state index contributed by atoms with van der Waals surface area (Å²) in [5.41, 5.74) is 1.93. The molecule has 1 unspecified atom stereocenters. The van der Waals surface area contributed by atoms with Crippen LogP contribution in [0.5, 0.6) is 0 Å². The molecule has 2 fully saturated rings. The van der Waals surface area contributed by atoms with E-state index in [-0.39, 0.29) is 30.5 Å². The lowest BCUT2D eigenvalue weighted by Gasteiger charge is -2.48. The summed E-state index contributed by atoms with van der Waals surface area (Å²) in [6.45, 7) is 2.46. The van der Waals surface area contributed by atoms with Gasteiger partial charge >= 0.3 is 12.1 Å². The second kappa shape index (κ2) is 7.91. The molecule has 2 bridgehead atoms. The Morgan fingerprint density at radius 2 is 2.00 bits per heavy atom. The van der Waals surface area contributed by atoms with Gasteiger partial charge in [-0.3, -0.25) is 9.69 Å². The lowest BCUT2D eigenvalue weighted by Crippen LogP contribution is -2.58. The monoisotopic (exact) mass is 359 g/mol. The van der Waals surface area contributed by atoms with Crippen LogP contribution in [0.15, 0.2) is 42.0 Å². The number of carbonyl (C=O) groups excluding carboxylic acids is 2. The average Bonchev–Trinajstić information content (AvgIpc) is 2.68. The number of piperidine rings is 1. The summed E-state index contributed by atoms with van der Waals surface area (Å²) in [6, 6.07) is 9.15. The van der Waals surface area contributed by atoms with E-state index in [1.54, 1.807) is 4.90 Å². The van der Waals surface area contributed by atoms with Crippen molar-refractivity contribution >= 4 is 12.1 Å². The van der Waals surface area contributed by atoms with Gasteiger partial charge in [0.1, 0.15) is 6.61 Å². The van der Waals surface area contributed by atoms with Gasteiger partial charge in [-0.2, -0.15) is 0 Å². The Kier molecular flexibility index (Phi) is 5.61. The number of rotatable bonds is 3. The second-order valence-electron chi connectivity index (χ2n) is 6.87. The lowest BCUT2D eigenvalue weighted by molar-refractivity contribution is -0.152. The summed E-state index contributed by atoms with van der Waals surface area (Å²) in [5, 5.41) is 10.5. The number of amides is 1. The molecule has 1 aromatic carbocycles. The van der Waals surface area contributed by atoms with Crippen molar-refractivity contribution in [3.05, 3.63) is 47.5 Å². The van der Waals surface area contributed by atoms with Gasteiger partial charge in [0.15, 0.2) is 0 Å². The summed E-state index contributed by atoms with van der Waals surface area (Å²) in [6.07, 6.45) is 1.58. The van der Waals surface area contributed by atoms with E-state index in [1.807, 2.05) is 43.3 Å². The molecule has 1 aromatic rings. The third-order valence-corrected chi connectivity index (χ3v) is 5.46. The van der Waals surface area contributed by atoms with Gasteiger partial charge < -0.3 is 14.6 Å². The largest absolute Gasteiger partial charge is 0.469 e. The first kappa shape index (κ1) is 18.5. The smallest absolute Gasteiger partial charge is 0.410 e. The number of hydrogen-bond donors (Lipinski definition) is 1. The molecular weight excluding hydrogens is 334 g/mol. The molecule has 140 valence electrons. The molecule has 1 saturated carbocycles. The highest BCUT2D eigenvalue weighted by Crippen LogP contribution is 2.42. The van der Waals surface area contributed by atoms with Crippen molar-refractivity contribution < 1.29 is 24.2 Å². The third kappa shape index (κ3) is 3.60. The van der Waals surface area contributed by atoms with E-state index in [0.717, 1.165) is 11.1 Å². The Bertz CT molecular complexity index is 687. The molecule has 3 rings (SSSR count). The fraction of sp³-hybridized carbons (Fsp3) is 0.500. The van der Waals surface area contributed by atoms with Crippen molar-refractivity contribution in [3.63, 3.8) is 0 Å². The molecular formula is C20H25NO5. The van der Waals surface area contributed by atoms with Gasteiger partial charge in [-0.15, -0.1) is 0 Å². The zero-order valence-electron chi connectivity index (χ0n) is 15.1. The summed E-state index contributed by atoms with van der Waals surface area (Å²) in [5.74, 6) is -0.661. The van der Waals surface area contributed by atoms with Crippen LogP contribution in [0.4, 0.5) is 4.79 Å². The van der Waals surface area contributed by atoms with E-state index >= 15 is 0 Å². The van der Waals surface area contributed by atoms with E-state index in [4.69, 9.17) is 9.47 Å². The minimum absolute atomic E-state index is 0.000904. The SMILES string of the molecule is C/C=C1\CN(C(=O)OCc2ccccc2)[C@H]2C[C@@H]1[C@H](C(=O)OC)CC2O. The van der Waals surface area contributed by atoms with Crippen molar-refractivity contribution in [2.45, 2.75) is 38.5 Å². The van der Waals surface area contributed by atoms with Crippen LogP contribution in [0, 0.1) is 11.8 Å². The minimum Gasteiger partial charge on any atom is -0.469 e. The van der Waals surface area contributed by atoms with Crippen LogP contribution in [0.25, 0.3) is 0 Å². The number of ether oxygens (including phenoxy) is 2. The normalized spacial score (nSPS) is 29.3. The van der Waals surface area contributed by atoms with Crippen molar-refractivity contribution in [1.82, 2.24) is 4.90 Å². The van der Waals surface area contributed by atoms with Gasteiger partial charge in [-0.1, -0.05) is 42.0 Å². The number of methoxy groups -OCH3 is 1. The molecule has 0 radical (unpaired) electrons. The summed E-state index contributed by atoms with van der Waals surface area (Å²) >= 11 is 0. The van der Waals surface area contributed by atoms with Crippen LogP contribution >= 0.6 is 0 Å². The highest BCUT2D eigenvalue weighted by Gasteiger charge is 2.49. The van der Waals surface area contributed by atoms with Gasteiger partial charge in [0, 0.05) is 6.54 Å². The molecule has 1 N–H and O–H groups in total. The van der Waals surface area contributed by atoms with Gasteiger partial charge in [0.2, 0.25) is 0 Å². The summed E-state index contributed by atoms with van der Waals surface area (Å²) in [7, 11) is 1.37. The highest BCUT2D eigenvalue weighted by molar-refractivity contribution is 5.74. The Morgan fingerprint density at radius 1 is 1.27 bits per heavy atom. The zero-order valence-corrected chi connectivity index (χ0v) is 15.1. The van der Waals surface area contributed by atoms with E-state index in [0.29, 0.717) is 19.4 Å². The maximum absolute atomic E-state index is 12.6. The Hall–Kier alpha value is -2.34. The van der Waals surface area contributed by atoms with Crippen LogP contribution in [-0.4, -0.2) is 47.9 Å². The molecule has 26 heavy (non-hydrogen) atoms. The molecule has 6 heteroatoms. The first-order valence-electron chi connectivity index (χ1n) is 8.93. The number of fused-ring (bicyclic) bond motifs is 2. The van der Waals surface area contributed by atoms with Gasteiger partial charge in [-0.25, -0.2) is 4.79 Å². The molecule has 1 aliphatic carbocycles. The van der Waals surface area contributed by atoms with Crippen molar-refractivity contribution in [1.29, 1.82) is 0 Å². The highest BCUT2D eigenvalue weighted by atomic mass is 16.6. The number of allylic oxidation sites excluding steroid dienone is 1. The first-order chi connectivity index (χ1) is 12.5. The number of aliphatic hydroxyl groups excluding tert-OH is 1. The minimum atomic E-state index is -0.766. The number of hydrogen-bond acceptors (Lipinski definition) is 5. The molecule has 1 amide bonds. The van der Waals surface area contributed by atoms with Crippen LogP contribution in [0.3, 0.4) is 0 Å². The Labute approximate surface area is 153 Å². The van der Waals surface area contributed by atoms with Crippen LogP contribution in [0.1, 0.15) is 25.3 Å². The fourth-order valence-corrected chi connectivity index (χ4v) is 4.06. The maximum Gasteiger partial charge on any atom is 0.410 e. The number of aliphatic hydroxyl groups is 1. The quantitative estimate of drug-likeness (QED) is 0.663. The van der Waals surface area contributed by atoms with Gasteiger partial charge in [-0.05, 0) is 31.2 Å². The topological polar surface area (TPSA) is 76.1 Å². The molecule has 1 heterocycles. The first-order valence-corrected chi connectivity index (χ1v) is 8.93. The number of benzene rings is 1. The van der Waals surface area contributed by atoms with Crippen molar-refractivity contribution in [2.75, 3.05) is 13.7 Å².